The van der Waals surface area contributed by atoms with Crippen LogP contribution >= 0.6 is 11.3 Å². The van der Waals surface area contributed by atoms with Gasteiger partial charge in [-0.2, -0.15) is 0 Å². The van der Waals surface area contributed by atoms with Crippen molar-refractivity contribution in [2.24, 2.45) is 7.05 Å². The highest BCUT2D eigenvalue weighted by molar-refractivity contribution is 7.17. The van der Waals surface area contributed by atoms with Gasteiger partial charge in [-0.05, 0) is 95.0 Å². The summed E-state index contributed by atoms with van der Waals surface area (Å²) in [5, 5.41) is 5.05. The third kappa shape index (κ3) is 8.65. The molecule has 0 unspecified atom stereocenters. The number of anilines is 2. The summed E-state index contributed by atoms with van der Waals surface area (Å²) in [6.07, 6.45) is 0.521. The van der Waals surface area contributed by atoms with Crippen molar-refractivity contribution in [1.29, 1.82) is 0 Å². The van der Waals surface area contributed by atoms with Crippen LogP contribution in [0.5, 0.6) is 5.75 Å². The number of aromatic nitrogens is 1. The Morgan fingerprint density at radius 1 is 0.915 bits per heavy atom. The maximum Gasteiger partial charge on any atom is 0.415 e. The molecule has 10 nitrogen and oxygen atoms in total. The summed E-state index contributed by atoms with van der Waals surface area (Å²) in [7, 11) is 1.88. The zero-order valence-corrected chi connectivity index (χ0v) is 29.0. The first-order chi connectivity index (χ1) is 22.2. The first-order valence-electron chi connectivity index (χ1n) is 15.8. The number of carbonyl (C=O) groups excluding carboxylic acids is 3. The van der Waals surface area contributed by atoms with Gasteiger partial charge in [0.15, 0.2) is 0 Å². The summed E-state index contributed by atoms with van der Waals surface area (Å²) in [5.74, 6) is 0.439. The van der Waals surface area contributed by atoms with Crippen LogP contribution in [0.15, 0.2) is 66.0 Å². The number of ether oxygens (including phenoxy) is 3. The van der Waals surface area contributed by atoms with Gasteiger partial charge in [0, 0.05) is 44.4 Å². The zero-order valence-electron chi connectivity index (χ0n) is 28.2. The molecule has 250 valence electrons. The predicted molar refractivity (Wildman–Crippen MR) is 186 cm³/mol. The summed E-state index contributed by atoms with van der Waals surface area (Å²) in [6, 6.07) is 18.7. The minimum atomic E-state index is -0.709. The van der Waals surface area contributed by atoms with Crippen LogP contribution in [0.2, 0.25) is 0 Å². The molecule has 0 radical (unpaired) electrons. The molecular weight excluding hydrogens is 616 g/mol. The molecule has 5 rings (SSSR count). The van der Waals surface area contributed by atoms with Crippen molar-refractivity contribution in [3.05, 3.63) is 77.3 Å². The number of amides is 3. The molecule has 0 saturated carbocycles. The molecule has 0 aliphatic carbocycles. The third-order valence-electron chi connectivity index (χ3n) is 7.65. The summed E-state index contributed by atoms with van der Waals surface area (Å²) < 4.78 is 20.5. The lowest BCUT2D eigenvalue weighted by atomic mass is 10.1. The summed E-state index contributed by atoms with van der Waals surface area (Å²) in [5.41, 5.74) is 2.29. The average molecular weight is 661 g/mol. The van der Waals surface area contributed by atoms with Crippen LogP contribution in [0.4, 0.5) is 21.0 Å². The van der Waals surface area contributed by atoms with E-state index >= 15 is 0 Å². The average Bonchev–Trinajstić information content (AvgIpc) is 3.58. The number of nitrogens with zero attached hydrogens (tertiary/aromatic N) is 3. The molecule has 1 aliphatic rings. The minimum Gasteiger partial charge on any atom is -0.490 e. The number of fused-ring (bicyclic) bond motifs is 1. The zero-order chi connectivity index (χ0) is 33.9. The fraction of sp³-hybridized carbons (Fsp3) is 0.417. The van der Waals surface area contributed by atoms with Gasteiger partial charge in [-0.25, -0.2) is 9.59 Å². The van der Waals surface area contributed by atoms with Gasteiger partial charge in [0.2, 0.25) is 0 Å². The number of rotatable bonds is 7. The highest BCUT2D eigenvalue weighted by atomic mass is 32.1. The molecular formula is C36H44N4O6S. The fourth-order valence-electron chi connectivity index (χ4n) is 5.36. The Bertz CT molecular complexity index is 1720. The topological polar surface area (TPSA) is 102 Å². The van der Waals surface area contributed by atoms with Crippen LogP contribution < -0.4 is 15.0 Å². The van der Waals surface area contributed by atoms with Crippen molar-refractivity contribution in [2.45, 2.75) is 78.2 Å². The van der Waals surface area contributed by atoms with Gasteiger partial charge in [0.1, 0.15) is 28.7 Å². The Hall–Kier alpha value is -4.51. The Morgan fingerprint density at radius 3 is 2.21 bits per heavy atom. The highest BCUT2D eigenvalue weighted by Crippen LogP contribution is 2.29. The normalized spacial score (nSPS) is 14.1. The van der Waals surface area contributed by atoms with Gasteiger partial charge in [-0.15, -0.1) is 11.3 Å². The maximum atomic E-state index is 13.5. The van der Waals surface area contributed by atoms with E-state index in [1.54, 1.807) is 21.1 Å². The van der Waals surface area contributed by atoms with E-state index in [-0.39, 0.29) is 24.6 Å². The number of hydrogen-bond donors (Lipinski definition) is 1. The Balaban J connectivity index is 1.29. The van der Waals surface area contributed by atoms with E-state index in [0.717, 1.165) is 15.8 Å². The lowest BCUT2D eigenvalue weighted by Crippen LogP contribution is -2.44. The van der Waals surface area contributed by atoms with E-state index in [4.69, 9.17) is 14.2 Å². The van der Waals surface area contributed by atoms with E-state index in [2.05, 4.69) is 5.32 Å². The smallest absolute Gasteiger partial charge is 0.415 e. The molecule has 2 aromatic carbocycles. The largest absolute Gasteiger partial charge is 0.490 e. The minimum absolute atomic E-state index is 0.0444. The van der Waals surface area contributed by atoms with Crippen molar-refractivity contribution in [3.8, 4) is 5.75 Å². The van der Waals surface area contributed by atoms with Crippen LogP contribution in [-0.2, 0) is 23.1 Å². The molecule has 0 spiro atoms. The van der Waals surface area contributed by atoms with Crippen LogP contribution in [0, 0.1) is 0 Å². The predicted octanol–water partition coefficient (Wildman–Crippen LogP) is 8.21. The van der Waals surface area contributed by atoms with Gasteiger partial charge in [-0.1, -0.05) is 18.2 Å². The number of para-hydroxylation sites is 1. The number of benzene rings is 2. The first-order valence-corrected chi connectivity index (χ1v) is 16.7. The standard InChI is InChI=1S/C36H44N4O6S/c1-35(2,3)45-33(42)39-19-16-27(17-20-39)44-26-14-12-25(13-15-26)40(34(43)46-36(4,5)6)23-24-10-8-9-11-28(24)37-32(41)30-22-31-29(38(30)7)18-21-47-31/h8-15,18,21-22,27H,16-17,19-20,23H2,1-7H3,(H,37,41). The molecule has 0 atom stereocenters. The molecule has 1 aliphatic heterocycles. The number of hydrogen-bond acceptors (Lipinski definition) is 7. The molecule has 4 aromatic rings. The van der Waals surface area contributed by atoms with E-state index in [1.807, 2.05) is 119 Å². The number of likely N-dealkylation sites (tertiary alicyclic amines) is 1. The molecule has 1 saturated heterocycles. The van der Waals surface area contributed by atoms with Gasteiger partial charge in [0.25, 0.3) is 5.91 Å². The molecule has 1 fully saturated rings. The summed E-state index contributed by atoms with van der Waals surface area (Å²) in [6.45, 7) is 12.3. The van der Waals surface area contributed by atoms with Crippen LogP contribution in [-0.4, -0.2) is 58.0 Å². The van der Waals surface area contributed by atoms with Crippen molar-refractivity contribution >= 4 is 51.0 Å². The Labute approximate surface area is 280 Å². The number of carbonyl (C=O) groups is 3. The molecule has 0 bridgehead atoms. The quantitative estimate of drug-likeness (QED) is 0.214. The number of piperidine rings is 1. The fourth-order valence-corrected chi connectivity index (χ4v) is 6.21. The van der Waals surface area contributed by atoms with E-state index in [9.17, 15) is 14.4 Å². The van der Waals surface area contributed by atoms with Crippen molar-refractivity contribution in [1.82, 2.24) is 9.47 Å². The van der Waals surface area contributed by atoms with Gasteiger partial charge in [0.05, 0.1) is 16.8 Å². The molecule has 3 heterocycles. The van der Waals surface area contributed by atoms with E-state index in [1.165, 1.54) is 0 Å². The van der Waals surface area contributed by atoms with Gasteiger partial charge >= 0.3 is 12.2 Å². The third-order valence-corrected chi connectivity index (χ3v) is 8.50. The number of aryl methyl sites for hydroxylation is 1. The van der Waals surface area contributed by atoms with E-state index < -0.39 is 17.3 Å². The van der Waals surface area contributed by atoms with Crippen LogP contribution in [0.3, 0.4) is 0 Å². The van der Waals surface area contributed by atoms with Gasteiger partial charge < -0.3 is 29.0 Å². The molecule has 1 N–H and O–H groups in total. The van der Waals surface area contributed by atoms with E-state index in [0.29, 0.717) is 48.7 Å². The van der Waals surface area contributed by atoms with Gasteiger partial charge in [-0.3, -0.25) is 9.69 Å². The molecule has 47 heavy (non-hydrogen) atoms. The monoisotopic (exact) mass is 660 g/mol. The second-order valence-corrected chi connectivity index (χ2v) is 14.7. The number of nitrogens with one attached hydrogen (secondary N) is 1. The lowest BCUT2D eigenvalue weighted by molar-refractivity contribution is 0.0126. The first kappa shape index (κ1) is 33.8. The van der Waals surface area contributed by atoms with Crippen molar-refractivity contribution in [2.75, 3.05) is 23.3 Å². The Kier molecular flexibility index (Phi) is 9.86. The Morgan fingerprint density at radius 2 is 1.57 bits per heavy atom. The summed E-state index contributed by atoms with van der Waals surface area (Å²) in [4.78, 5) is 42.6. The second-order valence-electron chi connectivity index (χ2n) is 13.7. The van der Waals surface area contributed by atoms with Crippen LogP contribution in [0.25, 0.3) is 10.2 Å². The van der Waals surface area contributed by atoms with Crippen LogP contribution in [0.1, 0.15) is 70.4 Å². The second kappa shape index (κ2) is 13.7. The maximum absolute atomic E-state index is 13.5. The SMILES string of the molecule is Cn1c(C(=O)Nc2ccccc2CN(C(=O)OC(C)(C)C)c2ccc(OC3CCN(C(=O)OC(C)(C)C)CC3)cc2)cc2sccc21. The van der Waals surface area contributed by atoms with Crippen molar-refractivity contribution in [3.63, 3.8) is 0 Å². The summed E-state index contributed by atoms with van der Waals surface area (Å²) >= 11 is 1.59. The lowest BCUT2D eigenvalue weighted by Gasteiger charge is -2.33. The molecule has 11 heteroatoms. The van der Waals surface area contributed by atoms with Crippen molar-refractivity contribution < 1.29 is 28.6 Å². The highest BCUT2D eigenvalue weighted by Gasteiger charge is 2.29. The number of thiophene rings is 1. The molecule has 2 aromatic heterocycles. The molecule has 3 amide bonds.